The molecule has 0 saturated carbocycles. The standard InChI is InChI=1S/C24H23FN4OS2/c1-15-5-3-7-18(16(15)2)28-9-11-29(12-10-28)20(30)13-31-24-23-22(26-14-27-24)21-17(25)6-4-8-19(21)32-23/h3-8,14H,9-13H2,1-2H3. The molecule has 0 bridgehead atoms. The number of nitrogens with zero attached hydrogens (tertiary/aromatic N) is 4. The minimum absolute atomic E-state index is 0.106. The van der Waals surface area contributed by atoms with E-state index >= 15 is 0 Å². The Kier molecular flexibility index (Phi) is 5.73. The van der Waals surface area contributed by atoms with Gasteiger partial charge in [-0.25, -0.2) is 14.4 Å². The topological polar surface area (TPSA) is 49.3 Å². The molecule has 0 radical (unpaired) electrons. The molecule has 164 valence electrons. The zero-order valence-electron chi connectivity index (χ0n) is 18.0. The van der Waals surface area contributed by atoms with Gasteiger partial charge in [-0.05, 0) is 43.2 Å². The monoisotopic (exact) mass is 466 g/mol. The van der Waals surface area contributed by atoms with Gasteiger partial charge in [-0.3, -0.25) is 4.79 Å². The van der Waals surface area contributed by atoms with E-state index in [9.17, 15) is 9.18 Å². The normalized spacial score (nSPS) is 14.5. The molecule has 1 aliphatic heterocycles. The van der Waals surface area contributed by atoms with Crippen LogP contribution < -0.4 is 4.90 Å². The molecule has 3 heterocycles. The molecule has 1 saturated heterocycles. The lowest BCUT2D eigenvalue weighted by atomic mass is 10.1. The first-order valence-corrected chi connectivity index (χ1v) is 12.4. The Labute approximate surface area is 194 Å². The highest BCUT2D eigenvalue weighted by Gasteiger charge is 2.23. The molecular formula is C24H23FN4OS2. The molecule has 8 heteroatoms. The number of amides is 1. The number of thioether (sulfide) groups is 1. The predicted octanol–water partition coefficient (Wildman–Crippen LogP) is 5.04. The Morgan fingerprint density at radius 3 is 2.69 bits per heavy atom. The number of aromatic nitrogens is 2. The van der Waals surface area contributed by atoms with Crippen LogP contribution in [0.1, 0.15) is 11.1 Å². The molecule has 0 aliphatic carbocycles. The third kappa shape index (κ3) is 3.82. The summed E-state index contributed by atoms with van der Waals surface area (Å²) in [5, 5.41) is 1.27. The lowest BCUT2D eigenvalue weighted by Crippen LogP contribution is -2.49. The van der Waals surface area contributed by atoms with E-state index in [-0.39, 0.29) is 11.7 Å². The second-order valence-electron chi connectivity index (χ2n) is 7.95. The van der Waals surface area contributed by atoms with Crippen LogP contribution in [0, 0.1) is 19.7 Å². The van der Waals surface area contributed by atoms with E-state index in [1.165, 1.54) is 52.3 Å². The average Bonchev–Trinajstić information content (AvgIpc) is 3.20. The van der Waals surface area contributed by atoms with E-state index < -0.39 is 0 Å². The van der Waals surface area contributed by atoms with Crippen LogP contribution in [0.4, 0.5) is 10.1 Å². The zero-order valence-corrected chi connectivity index (χ0v) is 19.6. The summed E-state index contributed by atoms with van der Waals surface area (Å²) in [5.41, 5.74) is 4.46. The van der Waals surface area contributed by atoms with Crippen molar-refractivity contribution in [3.8, 4) is 0 Å². The fourth-order valence-electron chi connectivity index (χ4n) is 4.16. The van der Waals surface area contributed by atoms with Crippen LogP contribution in [0.15, 0.2) is 47.8 Å². The quantitative estimate of drug-likeness (QED) is 0.311. The van der Waals surface area contributed by atoms with Crippen molar-refractivity contribution in [2.45, 2.75) is 18.9 Å². The van der Waals surface area contributed by atoms with Gasteiger partial charge in [-0.1, -0.05) is 30.0 Å². The molecule has 5 rings (SSSR count). The summed E-state index contributed by atoms with van der Waals surface area (Å²) in [6.07, 6.45) is 1.46. The number of carbonyl (C=O) groups excluding carboxylic acids is 1. The molecule has 2 aromatic heterocycles. The van der Waals surface area contributed by atoms with Gasteiger partial charge in [0.15, 0.2) is 0 Å². The summed E-state index contributed by atoms with van der Waals surface area (Å²) >= 11 is 2.88. The number of aryl methyl sites for hydroxylation is 1. The summed E-state index contributed by atoms with van der Waals surface area (Å²) in [6, 6.07) is 11.4. The van der Waals surface area contributed by atoms with Crippen molar-refractivity contribution in [1.29, 1.82) is 0 Å². The fourth-order valence-corrected chi connectivity index (χ4v) is 6.30. The number of rotatable bonds is 4. The van der Waals surface area contributed by atoms with Crippen molar-refractivity contribution < 1.29 is 9.18 Å². The molecule has 1 amide bonds. The Bertz CT molecular complexity index is 1310. The molecule has 0 unspecified atom stereocenters. The molecule has 0 N–H and O–H groups in total. The molecule has 1 fully saturated rings. The number of benzene rings is 2. The van der Waals surface area contributed by atoms with E-state index in [0.29, 0.717) is 29.7 Å². The zero-order chi connectivity index (χ0) is 22.2. The molecule has 0 atom stereocenters. The van der Waals surface area contributed by atoms with Crippen LogP contribution in [0.2, 0.25) is 0 Å². The Hall–Kier alpha value is -2.71. The largest absolute Gasteiger partial charge is 0.368 e. The second-order valence-corrected chi connectivity index (χ2v) is 9.96. The van der Waals surface area contributed by atoms with Gasteiger partial charge in [0, 0.05) is 36.6 Å². The SMILES string of the molecule is Cc1cccc(N2CCN(C(=O)CSc3ncnc4c3sc3cccc(F)c34)CC2)c1C. The number of hydrogen-bond acceptors (Lipinski definition) is 6. The first kappa shape index (κ1) is 21.2. The number of carbonyl (C=O) groups is 1. The maximum Gasteiger partial charge on any atom is 0.233 e. The van der Waals surface area contributed by atoms with Crippen molar-refractivity contribution in [3.05, 3.63) is 59.7 Å². The van der Waals surface area contributed by atoms with Crippen molar-refractivity contribution in [2.24, 2.45) is 0 Å². The van der Waals surface area contributed by atoms with E-state index in [4.69, 9.17) is 0 Å². The maximum absolute atomic E-state index is 14.3. The number of fused-ring (bicyclic) bond motifs is 3. The Morgan fingerprint density at radius 2 is 1.88 bits per heavy atom. The second kappa shape index (κ2) is 8.67. The Balaban J connectivity index is 1.26. The Morgan fingerprint density at radius 1 is 1.09 bits per heavy atom. The van der Waals surface area contributed by atoms with Crippen molar-refractivity contribution in [3.63, 3.8) is 0 Å². The van der Waals surface area contributed by atoms with Crippen molar-refractivity contribution in [1.82, 2.24) is 14.9 Å². The maximum atomic E-state index is 14.3. The third-order valence-corrected chi connectivity index (χ3v) is 8.33. The molecule has 5 nitrogen and oxygen atoms in total. The smallest absolute Gasteiger partial charge is 0.233 e. The minimum atomic E-state index is -0.277. The van der Waals surface area contributed by atoms with Gasteiger partial charge in [0.05, 0.1) is 21.4 Å². The van der Waals surface area contributed by atoms with Crippen molar-refractivity contribution >= 4 is 55.0 Å². The molecule has 1 aliphatic rings. The lowest BCUT2D eigenvalue weighted by Gasteiger charge is -2.37. The van der Waals surface area contributed by atoms with Crippen LogP contribution in [0.5, 0.6) is 0 Å². The van der Waals surface area contributed by atoms with Gasteiger partial charge in [-0.2, -0.15) is 0 Å². The van der Waals surface area contributed by atoms with Crippen LogP contribution in [0.25, 0.3) is 20.3 Å². The first-order chi connectivity index (χ1) is 15.5. The summed E-state index contributed by atoms with van der Waals surface area (Å²) in [6.45, 7) is 7.36. The van der Waals surface area contributed by atoms with Crippen LogP contribution >= 0.6 is 23.1 Å². The summed E-state index contributed by atoms with van der Waals surface area (Å²) in [4.78, 5) is 25.9. The number of thiophene rings is 1. The fraction of sp³-hybridized carbons (Fsp3) is 0.292. The minimum Gasteiger partial charge on any atom is -0.368 e. The van der Waals surface area contributed by atoms with E-state index in [0.717, 1.165) is 27.5 Å². The lowest BCUT2D eigenvalue weighted by molar-refractivity contribution is -0.128. The summed E-state index contributed by atoms with van der Waals surface area (Å²) in [7, 11) is 0. The average molecular weight is 467 g/mol. The van der Waals surface area contributed by atoms with Crippen molar-refractivity contribution in [2.75, 3.05) is 36.8 Å². The highest BCUT2D eigenvalue weighted by molar-refractivity contribution is 8.00. The molecule has 0 spiro atoms. The van der Waals surface area contributed by atoms with Gasteiger partial charge in [0.25, 0.3) is 0 Å². The van der Waals surface area contributed by atoms with E-state index in [1.54, 1.807) is 6.07 Å². The number of piperazine rings is 1. The van der Waals surface area contributed by atoms with Gasteiger partial charge in [-0.15, -0.1) is 11.3 Å². The summed E-state index contributed by atoms with van der Waals surface area (Å²) in [5.74, 6) is 0.141. The summed E-state index contributed by atoms with van der Waals surface area (Å²) < 4.78 is 16.0. The number of hydrogen-bond donors (Lipinski definition) is 0. The molecular weight excluding hydrogens is 443 g/mol. The van der Waals surface area contributed by atoms with Crippen LogP contribution in [0.3, 0.4) is 0 Å². The third-order valence-electron chi connectivity index (χ3n) is 6.08. The van der Waals surface area contributed by atoms with Gasteiger partial charge in [0.1, 0.15) is 17.2 Å². The van der Waals surface area contributed by atoms with E-state index in [1.807, 2.05) is 11.0 Å². The number of halogens is 1. The highest BCUT2D eigenvalue weighted by atomic mass is 32.2. The predicted molar refractivity (Wildman–Crippen MR) is 130 cm³/mol. The van der Waals surface area contributed by atoms with Gasteiger partial charge in [0.2, 0.25) is 5.91 Å². The molecule has 2 aromatic carbocycles. The van der Waals surface area contributed by atoms with Gasteiger partial charge >= 0.3 is 0 Å². The first-order valence-electron chi connectivity index (χ1n) is 10.6. The van der Waals surface area contributed by atoms with E-state index in [2.05, 4.69) is 46.9 Å². The molecule has 4 aromatic rings. The molecule has 32 heavy (non-hydrogen) atoms. The van der Waals surface area contributed by atoms with Crippen LogP contribution in [-0.2, 0) is 4.79 Å². The van der Waals surface area contributed by atoms with Crippen LogP contribution in [-0.4, -0.2) is 52.7 Å². The highest BCUT2D eigenvalue weighted by Crippen LogP contribution is 2.38. The van der Waals surface area contributed by atoms with Gasteiger partial charge < -0.3 is 9.80 Å². The number of anilines is 1.